The standard InChI is InChI=1S/C17H20N6/c1-12-15-7-13(8-20-17(15)22-21-12)11-23-6-5-19-10-16(23)14-3-2-4-18-9-14/h2-4,7-9,16,19H,5-6,10-11H2,1H3,(H,20,21,22). The van der Waals surface area contributed by atoms with Gasteiger partial charge in [0.15, 0.2) is 5.65 Å². The van der Waals surface area contributed by atoms with Crippen LogP contribution < -0.4 is 5.32 Å². The number of aromatic nitrogens is 4. The highest BCUT2D eigenvalue weighted by atomic mass is 15.2. The lowest BCUT2D eigenvalue weighted by Crippen LogP contribution is -2.45. The highest BCUT2D eigenvalue weighted by molar-refractivity contribution is 5.77. The molecule has 3 aromatic rings. The molecule has 23 heavy (non-hydrogen) atoms. The smallest absolute Gasteiger partial charge is 0.181 e. The van der Waals surface area contributed by atoms with Crippen LogP contribution in [0.3, 0.4) is 0 Å². The number of fused-ring (bicyclic) bond motifs is 1. The molecule has 0 saturated carbocycles. The summed E-state index contributed by atoms with van der Waals surface area (Å²) in [5.41, 5.74) is 4.33. The summed E-state index contributed by atoms with van der Waals surface area (Å²) in [4.78, 5) is 11.2. The van der Waals surface area contributed by atoms with Crippen molar-refractivity contribution in [1.29, 1.82) is 0 Å². The van der Waals surface area contributed by atoms with Gasteiger partial charge in [-0.05, 0) is 30.2 Å². The van der Waals surface area contributed by atoms with Crippen LogP contribution in [0.25, 0.3) is 11.0 Å². The van der Waals surface area contributed by atoms with Crippen molar-refractivity contribution < 1.29 is 0 Å². The first kappa shape index (κ1) is 14.3. The molecule has 3 aromatic heterocycles. The maximum atomic E-state index is 4.47. The van der Waals surface area contributed by atoms with Gasteiger partial charge in [0, 0.05) is 61.9 Å². The van der Waals surface area contributed by atoms with Gasteiger partial charge < -0.3 is 5.32 Å². The third-order valence-corrected chi connectivity index (χ3v) is 4.47. The second-order valence-corrected chi connectivity index (χ2v) is 6.04. The number of aryl methyl sites for hydroxylation is 1. The summed E-state index contributed by atoms with van der Waals surface area (Å²) in [6, 6.07) is 6.70. The molecule has 118 valence electrons. The highest BCUT2D eigenvalue weighted by Gasteiger charge is 2.24. The predicted octanol–water partition coefficient (Wildman–Crippen LogP) is 1.81. The van der Waals surface area contributed by atoms with E-state index >= 15 is 0 Å². The third-order valence-electron chi connectivity index (χ3n) is 4.47. The maximum absolute atomic E-state index is 4.47. The van der Waals surface area contributed by atoms with Crippen molar-refractivity contribution in [3.8, 4) is 0 Å². The van der Waals surface area contributed by atoms with Crippen LogP contribution in [0.1, 0.15) is 22.9 Å². The summed E-state index contributed by atoms with van der Waals surface area (Å²) in [7, 11) is 0. The molecule has 0 radical (unpaired) electrons. The molecule has 1 saturated heterocycles. The Hall–Kier alpha value is -2.31. The van der Waals surface area contributed by atoms with Gasteiger partial charge in [0.25, 0.3) is 0 Å². The molecule has 1 aliphatic rings. The zero-order valence-electron chi connectivity index (χ0n) is 13.2. The van der Waals surface area contributed by atoms with Crippen LogP contribution in [0, 0.1) is 6.92 Å². The summed E-state index contributed by atoms with van der Waals surface area (Å²) in [5.74, 6) is 0. The monoisotopic (exact) mass is 308 g/mol. The lowest BCUT2D eigenvalue weighted by atomic mass is 10.0. The predicted molar refractivity (Wildman–Crippen MR) is 88.9 cm³/mol. The van der Waals surface area contributed by atoms with Crippen LogP contribution in [-0.2, 0) is 6.54 Å². The van der Waals surface area contributed by atoms with Crippen LogP contribution in [0.5, 0.6) is 0 Å². The van der Waals surface area contributed by atoms with Gasteiger partial charge in [-0.1, -0.05) is 6.07 Å². The number of hydrogen-bond donors (Lipinski definition) is 2. The highest BCUT2D eigenvalue weighted by Crippen LogP contribution is 2.24. The molecule has 0 aromatic carbocycles. The van der Waals surface area contributed by atoms with E-state index in [2.05, 4.69) is 42.5 Å². The minimum Gasteiger partial charge on any atom is -0.314 e. The van der Waals surface area contributed by atoms with Crippen molar-refractivity contribution >= 4 is 11.0 Å². The number of pyridine rings is 2. The fraction of sp³-hybridized carbons (Fsp3) is 0.353. The van der Waals surface area contributed by atoms with Gasteiger partial charge in [0.1, 0.15) is 0 Å². The summed E-state index contributed by atoms with van der Waals surface area (Å²) in [5, 5.41) is 11.8. The van der Waals surface area contributed by atoms with Gasteiger partial charge in [-0.2, -0.15) is 5.10 Å². The van der Waals surface area contributed by atoms with Gasteiger partial charge in [-0.3, -0.25) is 15.0 Å². The van der Waals surface area contributed by atoms with Gasteiger partial charge in [0.2, 0.25) is 0 Å². The SMILES string of the molecule is Cc1[nH]nc2ncc(CN3CCNCC3c3cccnc3)cc12. The van der Waals surface area contributed by atoms with Crippen molar-refractivity contribution in [2.45, 2.75) is 19.5 Å². The summed E-state index contributed by atoms with van der Waals surface area (Å²) in [6.07, 6.45) is 5.72. The van der Waals surface area contributed by atoms with E-state index in [1.54, 1.807) is 0 Å². The molecule has 1 aliphatic heterocycles. The molecule has 2 N–H and O–H groups in total. The van der Waals surface area contributed by atoms with Crippen molar-refractivity contribution in [2.24, 2.45) is 0 Å². The molecule has 0 amide bonds. The Labute approximate surface area is 135 Å². The number of nitrogens with one attached hydrogen (secondary N) is 2. The van der Waals surface area contributed by atoms with E-state index < -0.39 is 0 Å². The lowest BCUT2D eigenvalue weighted by molar-refractivity contribution is 0.153. The van der Waals surface area contributed by atoms with Crippen molar-refractivity contribution in [1.82, 2.24) is 30.4 Å². The Morgan fingerprint density at radius 1 is 1.35 bits per heavy atom. The maximum Gasteiger partial charge on any atom is 0.181 e. The van der Waals surface area contributed by atoms with Crippen LogP contribution in [0.2, 0.25) is 0 Å². The van der Waals surface area contributed by atoms with Gasteiger partial charge in [-0.25, -0.2) is 4.98 Å². The number of hydrogen-bond acceptors (Lipinski definition) is 5. The average Bonchev–Trinajstić information content (AvgIpc) is 2.97. The molecular formula is C17H20N6. The molecule has 1 unspecified atom stereocenters. The number of nitrogens with zero attached hydrogens (tertiary/aromatic N) is 4. The first-order valence-electron chi connectivity index (χ1n) is 7.95. The molecule has 1 fully saturated rings. The average molecular weight is 308 g/mol. The first-order chi connectivity index (χ1) is 11.3. The lowest BCUT2D eigenvalue weighted by Gasteiger charge is -2.36. The zero-order chi connectivity index (χ0) is 15.6. The number of aromatic amines is 1. The van der Waals surface area contributed by atoms with Gasteiger partial charge >= 0.3 is 0 Å². The van der Waals surface area contributed by atoms with Crippen molar-refractivity contribution in [3.63, 3.8) is 0 Å². The van der Waals surface area contributed by atoms with E-state index in [0.29, 0.717) is 6.04 Å². The summed E-state index contributed by atoms with van der Waals surface area (Å²) < 4.78 is 0. The Morgan fingerprint density at radius 3 is 3.17 bits per heavy atom. The largest absolute Gasteiger partial charge is 0.314 e. The van der Waals surface area contributed by atoms with Crippen LogP contribution in [-0.4, -0.2) is 44.7 Å². The fourth-order valence-electron chi connectivity index (χ4n) is 3.22. The quantitative estimate of drug-likeness (QED) is 0.772. The third kappa shape index (κ3) is 2.83. The normalized spacial score (nSPS) is 19.3. The molecule has 6 heteroatoms. The van der Waals surface area contributed by atoms with Gasteiger partial charge in [0.05, 0.1) is 0 Å². The minimum atomic E-state index is 0.346. The van der Waals surface area contributed by atoms with E-state index in [1.165, 1.54) is 11.1 Å². The molecule has 4 heterocycles. The van der Waals surface area contributed by atoms with E-state index in [4.69, 9.17) is 0 Å². The molecule has 0 bridgehead atoms. The molecule has 0 spiro atoms. The van der Waals surface area contributed by atoms with Crippen LogP contribution >= 0.6 is 0 Å². The molecule has 0 aliphatic carbocycles. The zero-order valence-corrected chi connectivity index (χ0v) is 13.2. The Kier molecular flexibility index (Phi) is 3.77. The number of rotatable bonds is 3. The van der Waals surface area contributed by atoms with E-state index in [0.717, 1.165) is 42.9 Å². The Balaban J connectivity index is 1.60. The Morgan fingerprint density at radius 2 is 2.30 bits per heavy atom. The second-order valence-electron chi connectivity index (χ2n) is 6.04. The second kappa shape index (κ2) is 6.06. The first-order valence-corrected chi connectivity index (χ1v) is 7.95. The topological polar surface area (TPSA) is 69.7 Å². The van der Waals surface area contributed by atoms with Crippen LogP contribution in [0.4, 0.5) is 0 Å². The van der Waals surface area contributed by atoms with Gasteiger partial charge in [-0.15, -0.1) is 0 Å². The van der Waals surface area contributed by atoms with E-state index in [-0.39, 0.29) is 0 Å². The van der Waals surface area contributed by atoms with E-state index in [1.807, 2.05) is 31.6 Å². The van der Waals surface area contributed by atoms with Crippen LogP contribution in [0.15, 0.2) is 36.8 Å². The van der Waals surface area contributed by atoms with E-state index in [9.17, 15) is 0 Å². The molecule has 6 nitrogen and oxygen atoms in total. The van der Waals surface area contributed by atoms with Crippen molar-refractivity contribution in [3.05, 3.63) is 53.6 Å². The minimum absolute atomic E-state index is 0.346. The molecular weight excluding hydrogens is 288 g/mol. The molecule has 4 rings (SSSR count). The summed E-state index contributed by atoms with van der Waals surface area (Å²) in [6.45, 7) is 5.89. The Bertz CT molecular complexity index is 797. The number of piperazine rings is 1. The van der Waals surface area contributed by atoms with Crippen molar-refractivity contribution in [2.75, 3.05) is 19.6 Å². The molecule has 1 atom stereocenters. The fourth-order valence-corrected chi connectivity index (χ4v) is 3.22. The summed E-state index contributed by atoms with van der Waals surface area (Å²) >= 11 is 0. The number of H-pyrrole nitrogens is 1.